The summed E-state index contributed by atoms with van der Waals surface area (Å²) < 4.78 is 12.5. The third kappa shape index (κ3) is 3.33. The van der Waals surface area contributed by atoms with Crippen LogP contribution >= 0.6 is 11.3 Å². The minimum Gasteiger partial charge on any atom is -0.467 e. The van der Waals surface area contributed by atoms with E-state index in [1.54, 1.807) is 18.4 Å². The first-order chi connectivity index (χ1) is 11.4. The van der Waals surface area contributed by atoms with Crippen molar-refractivity contribution in [3.63, 3.8) is 0 Å². The van der Waals surface area contributed by atoms with Crippen LogP contribution in [0.2, 0.25) is 0 Å². The molecule has 1 aromatic heterocycles. The van der Waals surface area contributed by atoms with Crippen LogP contribution in [0.5, 0.6) is 5.75 Å². The van der Waals surface area contributed by atoms with E-state index in [4.69, 9.17) is 9.47 Å². The number of hydrogen-bond acceptors (Lipinski definition) is 3. The lowest BCUT2D eigenvalue weighted by Crippen LogP contribution is -2.15. The largest absolute Gasteiger partial charge is 0.467 e. The maximum absolute atomic E-state index is 6.03. The zero-order valence-electron chi connectivity index (χ0n) is 15.0. The zero-order chi connectivity index (χ0) is 17.3. The third-order valence-electron chi connectivity index (χ3n) is 4.05. The van der Waals surface area contributed by atoms with Gasteiger partial charge in [0.15, 0.2) is 6.79 Å². The van der Waals surface area contributed by atoms with Crippen LogP contribution in [0.15, 0.2) is 42.5 Å². The Morgan fingerprint density at radius 1 is 1.04 bits per heavy atom. The molecular weight excluding hydrogens is 316 g/mol. The summed E-state index contributed by atoms with van der Waals surface area (Å²) in [7, 11) is 1.66. The highest BCUT2D eigenvalue weighted by molar-refractivity contribution is 7.22. The molecule has 0 amide bonds. The molecular formula is C21H24O2S. The van der Waals surface area contributed by atoms with Gasteiger partial charge in [0.2, 0.25) is 0 Å². The summed E-state index contributed by atoms with van der Waals surface area (Å²) in [5.74, 6) is 0.932. The van der Waals surface area contributed by atoms with Crippen molar-refractivity contribution in [2.45, 2.75) is 33.1 Å². The number of benzene rings is 2. The van der Waals surface area contributed by atoms with Crippen LogP contribution in [0.3, 0.4) is 0 Å². The molecule has 3 heteroatoms. The summed E-state index contributed by atoms with van der Waals surface area (Å²) in [5, 5.41) is 1.27. The SMILES string of the molecule is COCOc1c(-c2cc3ccccc3s2)cc(C)cc1C(C)(C)C. The second kappa shape index (κ2) is 6.58. The molecule has 0 bridgehead atoms. The summed E-state index contributed by atoms with van der Waals surface area (Å²) in [6.07, 6.45) is 0. The van der Waals surface area contributed by atoms with Crippen LogP contribution in [0.25, 0.3) is 20.5 Å². The van der Waals surface area contributed by atoms with Crippen LogP contribution in [-0.2, 0) is 10.2 Å². The van der Waals surface area contributed by atoms with Gasteiger partial charge in [0.05, 0.1) is 0 Å². The van der Waals surface area contributed by atoms with Gasteiger partial charge in [-0.25, -0.2) is 0 Å². The second-order valence-corrected chi connectivity index (χ2v) is 8.22. The summed E-state index contributed by atoms with van der Waals surface area (Å²) in [6, 6.07) is 15.2. The highest BCUT2D eigenvalue weighted by atomic mass is 32.1. The van der Waals surface area contributed by atoms with E-state index in [-0.39, 0.29) is 12.2 Å². The number of hydrogen-bond donors (Lipinski definition) is 0. The molecule has 0 unspecified atom stereocenters. The lowest BCUT2D eigenvalue weighted by Gasteiger charge is -2.25. The van der Waals surface area contributed by atoms with E-state index < -0.39 is 0 Å². The predicted octanol–water partition coefficient (Wildman–Crippen LogP) is 6.16. The molecule has 2 aromatic carbocycles. The molecule has 0 saturated carbocycles. The number of thiophene rings is 1. The van der Waals surface area contributed by atoms with Gasteiger partial charge in [-0.15, -0.1) is 11.3 Å². The van der Waals surface area contributed by atoms with Crippen LogP contribution in [0.4, 0.5) is 0 Å². The van der Waals surface area contributed by atoms with Gasteiger partial charge in [-0.1, -0.05) is 45.0 Å². The van der Waals surface area contributed by atoms with E-state index in [1.165, 1.54) is 26.1 Å². The van der Waals surface area contributed by atoms with E-state index >= 15 is 0 Å². The normalized spacial score (nSPS) is 11.9. The van der Waals surface area contributed by atoms with Crippen molar-refractivity contribution < 1.29 is 9.47 Å². The Morgan fingerprint density at radius 2 is 1.79 bits per heavy atom. The van der Waals surface area contributed by atoms with Gasteiger partial charge in [0.25, 0.3) is 0 Å². The molecule has 0 atom stereocenters. The van der Waals surface area contributed by atoms with E-state index in [9.17, 15) is 0 Å². The fourth-order valence-corrected chi connectivity index (χ4v) is 3.98. The van der Waals surface area contributed by atoms with E-state index in [2.05, 4.69) is 70.2 Å². The molecule has 0 saturated heterocycles. The fraction of sp³-hybridized carbons (Fsp3) is 0.333. The molecule has 0 aliphatic carbocycles. The van der Waals surface area contributed by atoms with Gasteiger partial charge in [-0.3, -0.25) is 0 Å². The number of aryl methyl sites for hydroxylation is 1. The van der Waals surface area contributed by atoms with Crippen molar-refractivity contribution in [1.82, 2.24) is 0 Å². The molecule has 0 fully saturated rings. The molecule has 0 radical (unpaired) electrons. The Kier molecular flexibility index (Phi) is 4.66. The molecule has 126 valence electrons. The van der Waals surface area contributed by atoms with E-state index in [0.29, 0.717) is 0 Å². The first kappa shape index (κ1) is 17.0. The average Bonchev–Trinajstić information content (AvgIpc) is 2.96. The molecule has 0 spiro atoms. The summed E-state index contributed by atoms with van der Waals surface area (Å²) in [6.45, 7) is 9.05. The Balaban J connectivity index is 2.23. The third-order valence-corrected chi connectivity index (χ3v) is 5.20. The lowest BCUT2D eigenvalue weighted by atomic mass is 9.84. The molecule has 0 aliphatic heterocycles. The van der Waals surface area contributed by atoms with Crippen molar-refractivity contribution in [2.75, 3.05) is 13.9 Å². The Labute approximate surface area is 148 Å². The predicted molar refractivity (Wildman–Crippen MR) is 103 cm³/mol. The molecule has 3 aromatic rings. The maximum Gasteiger partial charge on any atom is 0.188 e. The van der Waals surface area contributed by atoms with Crippen LogP contribution in [-0.4, -0.2) is 13.9 Å². The van der Waals surface area contributed by atoms with Crippen molar-refractivity contribution >= 4 is 21.4 Å². The van der Waals surface area contributed by atoms with Gasteiger partial charge >= 0.3 is 0 Å². The number of fused-ring (bicyclic) bond motifs is 1. The molecule has 0 aliphatic rings. The smallest absolute Gasteiger partial charge is 0.188 e. The van der Waals surface area contributed by atoms with Gasteiger partial charge in [-0.2, -0.15) is 0 Å². The van der Waals surface area contributed by atoms with Crippen molar-refractivity contribution in [3.8, 4) is 16.2 Å². The van der Waals surface area contributed by atoms with Crippen LogP contribution in [0, 0.1) is 6.92 Å². The Hall–Kier alpha value is -1.84. The molecule has 1 heterocycles. The zero-order valence-corrected chi connectivity index (χ0v) is 15.8. The minimum atomic E-state index is 0.000523. The first-order valence-electron chi connectivity index (χ1n) is 8.16. The average molecular weight is 340 g/mol. The van der Waals surface area contributed by atoms with Gasteiger partial charge in [-0.05, 0) is 41.5 Å². The lowest BCUT2D eigenvalue weighted by molar-refractivity contribution is 0.0502. The molecule has 0 N–H and O–H groups in total. The van der Waals surface area contributed by atoms with Crippen molar-refractivity contribution in [2.24, 2.45) is 0 Å². The summed E-state index contributed by atoms with van der Waals surface area (Å²) in [5.41, 5.74) is 3.61. The van der Waals surface area contributed by atoms with Gasteiger partial charge in [0.1, 0.15) is 5.75 Å². The highest BCUT2D eigenvalue weighted by Crippen LogP contribution is 2.44. The highest BCUT2D eigenvalue weighted by Gasteiger charge is 2.23. The summed E-state index contributed by atoms with van der Waals surface area (Å²) >= 11 is 1.81. The molecule has 2 nitrogen and oxygen atoms in total. The quantitative estimate of drug-likeness (QED) is 0.530. The standard InChI is InChI=1S/C21H24O2S/c1-14-10-16(19-12-15-8-6-7-9-18(15)24-19)20(23-13-22-5)17(11-14)21(2,3)4/h6-12H,13H2,1-5H3. The maximum atomic E-state index is 6.03. The van der Waals surface area contributed by atoms with Crippen molar-refractivity contribution in [1.29, 1.82) is 0 Å². The Bertz CT molecular complexity index is 823. The van der Waals surface area contributed by atoms with E-state index in [1.807, 2.05) is 0 Å². The first-order valence-corrected chi connectivity index (χ1v) is 8.97. The second-order valence-electron chi connectivity index (χ2n) is 7.14. The number of rotatable bonds is 4. The van der Waals surface area contributed by atoms with Crippen LogP contribution in [0.1, 0.15) is 31.9 Å². The minimum absolute atomic E-state index is 0.000523. The monoisotopic (exact) mass is 340 g/mol. The van der Waals surface area contributed by atoms with Crippen molar-refractivity contribution in [3.05, 3.63) is 53.6 Å². The Morgan fingerprint density at radius 3 is 2.46 bits per heavy atom. The number of methoxy groups -OCH3 is 1. The topological polar surface area (TPSA) is 18.5 Å². The van der Waals surface area contributed by atoms with Gasteiger partial charge < -0.3 is 9.47 Å². The van der Waals surface area contributed by atoms with Gasteiger partial charge in [0, 0.05) is 27.8 Å². The summed E-state index contributed by atoms with van der Waals surface area (Å²) in [4.78, 5) is 1.23. The fourth-order valence-electron chi connectivity index (χ4n) is 2.90. The number of ether oxygens (including phenoxy) is 2. The molecule has 24 heavy (non-hydrogen) atoms. The molecule has 3 rings (SSSR count). The van der Waals surface area contributed by atoms with E-state index in [0.717, 1.165) is 11.3 Å². The van der Waals surface area contributed by atoms with Crippen LogP contribution < -0.4 is 4.74 Å².